The number of aromatic nitrogens is 2. The minimum Gasteiger partial charge on any atom is -0.497 e. The van der Waals surface area contributed by atoms with Crippen molar-refractivity contribution in [2.75, 3.05) is 45.2 Å². The Balaban J connectivity index is 1.83. The SMILES string of the molecule is COc1cccc(-c2nc3ccc(N4CCN(C)CC4)cc3c(=O)n2CC(=O)NC(C)C)c1. The number of hydrogen-bond donors (Lipinski definition) is 1. The second kappa shape index (κ2) is 9.62. The molecule has 0 unspecified atom stereocenters. The highest BCUT2D eigenvalue weighted by molar-refractivity contribution is 5.84. The van der Waals surface area contributed by atoms with E-state index in [1.54, 1.807) is 7.11 Å². The average molecular weight is 450 g/mol. The van der Waals surface area contributed by atoms with Gasteiger partial charge in [0.2, 0.25) is 5.91 Å². The Morgan fingerprint density at radius 3 is 2.58 bits per heavy atom. The van der Waals surface area contributed by atoms with Crippen molar-refractivity contribution in [1.29, 1.82) is 0 Å². The van der Waals surface area contributed by atoms with Gasteiger partial charge < -0.3 is 19.9 Å². The van der Waals surface area contributed by atoms with Crippen LogP contribution in [0.15, 0.2) is 47.3 Å². The van der Waals surface area contributed by atoms with Crippen LogP contribution >= 0.6 is 0 Å². The highest BCUT2D eigenvalue weighted by Gasteiger charge is 2.19. The summed E-state index contributed by atoms with van der Waals surface area (Å²) in [6.07, 6.45) is 0. The molecule has 1 saturated heterocycles. The van der Waals surface area contributed by atoms with E-state index in [4.69, 9.17) is 9.72 Å². The predicted molar refractivity (Wildman–Crippen MR) is 131 cm³/mol. The molecule has 8 heteroatoms. The lowest BCUT2D eigenvalue weighted by Crippen LogP contribution is -2.44. The molecule has 33 heavy (non-hydrogen) atoms. The largest absolute Gasteiger partial charge is 0.497 e. The zero-order valence-corrected chi connectivity index (χ0v) is 19.7. The Hall–Kier alpha value is -3.39. The van der Waals surface area contributed by atoms with Crippen molar-refractivity contribution in [2.45, 2.75) is 26.4 Å². The monoisotopic (exact) mass is 449 g/mol. The predicted octanol–water partition coefficient (Wildman–Crippen LogP) is 2.35. The number of nitrogens with one attached hydrogen (secondary N) is 1. The van der Waals surface area contributed by atoms with E-state index in [1.165, 1.54) is 4.57 Å². The summed E-state index contributed by atoms with van der Waals surface area (Å²) >= 11 is 0. The van der Waals surface area contributed by atoms with Gasteiger partial charge in [-0.15, -0.1) is 0 Å². The number of amides is 1. The summed E-state index contributed by atoms with van der Waals surface area (Å²) in [6, 6.07) is 13.2. The number of rotatable bonds is 6. The van der Waals surface area contributed by atoms with Crippen molar-refractivity contribution < 1.29 is 9.53 Å². The van der Waals surface area contributed by atoms with Crippen molar-refractivity contribution in [1.82, 2.24) is 19.8 Å². The van der Waals surface area contributed by atoms with Crippen LogP contribution in [0, 0.1) is 0 Å². The second-order valence-corrected chi connectivity index (χ2v) is 8.77. The number of methoxy groups -OCH3 is 1. The van der Waals surface area contributed by atoms with E-state index < -0.39 is 0 Å². The molecule has 0 atom stereocenters. The van der Waals surface area contributed by atoms with Crippen molar-refractivity contribution >= 4 is 22.5 Å². The van der Waals surface area contributed by atoms with E-state index in [2.05, 4.69) is 22.2 Å². The number of anilines is 1. The fourth-order valence-corrected chi connectivity index (χ4v) is 4.11. The summed E-state index contributed by atoms with van der Waals surface area (Å²) in [4.78, 5) is 35.7. The van der Waals surface area contributed by atoms with Gasteiger partial charge in [0.05, 0.1) is 18.0 Å². The maximum Gasteiger partial charge on any atom is 0.262 e. The van der Waals surface area contributed by atoms with E-state index in [9.17, 15) is 9.59 Å². The Kier molecular flexibility index (Phi) is 6.65. The normalized spacial score (nSPS) is 14.6. The molecule has 0 aliphatic carbocycles. The number of carbonyl (C=O) groups is 1. The van der Waals surface area contributed by atoms with Gasteiger partial charge in [-0.3, -0.25) is 14.2 Å². The molecule has 0 radical (unpaired) electrons. The Bertz CT molecular complexity index is 1210. The van der Waals surface area contributed by atoms with Crippen LogP contribution in [-0.2, 0) is 11.3 Å². The highest BCUT2D eigenvalue weighted by atomic mass is 16.5. The number of hydrogen-bond acceptors (Lipinski definition) is 6. The summed E-state index contributed by atoms with van der Waals surface area (Å²) in [6.45, 7) is 7.44. The van der Waals surface area contributed by atoms with Crippen LogP contribution in [0.5, 0.6) is 5.75 Å². The van der Waals surface area contributed by atoms with Gasteiger partial charge in [0.1, 0.15) is 18.1 Å². The molecule has 2 aromatic carbocycles. The third-order valence-corrected chi connectivity index (χ3v) is 5.89. The van der Waals surface area contributed by atoms with Crippen LogP contribution in [0.4, 0.5) is 5.69 Å². The molecular weight excluding hydrogens is 418 g/mol. The van der Waals surface area contributed by atoms with Gasteiger partial charge in [-0.05, 0) is 51.2 Å². The molecule has 3 aromatic rings. The summed E-state index contributed by atoms with van der Waals surface area (Å²) in [7, 11) is 3.71. The molecule has 0 saturated carbocycles. The zero-order valence-electron chi connectivity index (χ0n) is 19.7. The molecule has 8 nitrogen and oxygen atoms in total. The summed E-state index contributed by atoms with van der Waals surface area (Å²) in [5, 5.41) is 3.38. The number of piperazine rings is 1. The van der Waals surface area contributed by atoms with Gasteiger partial charge in [-0.1, -0.05) is 12.1 Å². The van der Waals surface area contributed by atoms with Gasteiger partial charge in [0.15, 0.2) is 0 Å². The Labute approximate surface area is 193 Å². The van der Waals surface area contributed by atoms with Crippen LogP contribution in [0.1, 0.15) is 13.8 Å². The zero-order chi connectivity index (χ0) is 23.5. The lowest BCUT2D eigenvalue weighted by molar-refractivity contribution is -0.122. The molecule has 2 heterocycles. The first kappa shape index (κ1) is 22.8. The van der Waals surface area contributed by atoms with Crippen molar-refractivity contribution in [3.8, 4) is 17.1 Å². The third kappa shape index (κ3) is 5.01. The number of benzene rings is 2. The van der Waals surface area contributed by atoms with Crippen LogP contribution < -0.4 is 20.5 Å². The molecule has 4 rings (SSSR count). The maximum atomic E-state index is 13.7. The average Bonchev–Trinajstić information content (AvgIpc) is 2.80. The Morgan fingerprint density at radius 2 is 1.88 bits per heavy atom. The van der Waals surface area contributed by atoms with Gasteiger partial charge in [-0.25, -0.2) is 4.98 Å². The van der Waals surface area contributed by atoms with Crippen LogP contribution in [0.2, 0.25) is 0 Å². The van der Waals surface area contributed by atoms with Crippen molar-refractivity contribution in [2.24, 2.45) is 0 Å². The molecule has 1 aliphatic heterocycles. The van der Waals surface area contributed by atoms with Crippen LogP contribution in [0.3, 0.4) is 0 Å². The highest BCUT2D eigenvalue weighted by Crippen LogP contribution is 2.25. The standard InChI is InChI=1S/C25H31N5O3/c1-17(2)26-23(31)16-30-24(18-6-5-7-20(14-18)33-4)27-22-9-8-19(15-21(22)25(30)32)29-12-10-28(3)11-13-29/h5-9,14-15,17H,10-13,16H2,1-4H3,(H,26,31). The van der Waals surface area contributed by atoms with Gasteiger partial charge in [0.25, 0.3) is 5.56 Å². The van der Waals surface area contributed by atoms with Gasteiger partial charge >= 0.3 is 0 Å². The molecule has 1 fully saturated rings. The minimum absolute atomic E-state index is 0.0225. The number of likely N-dealkylation sites (N-methyl/N-ethyl adjacent to an activating group) is 1. The van der Waals surface area contributed by atoms with E-state index in [0.717, 1.165) is 31.9 Å². The lowest BCUT2D eigenvalue weighted by Gasteiger charge is -2.34. The van der Waals surface area contributed by atoms with E-state index in [-0.39, 0.29) is 24.1 Å². The molecular formula is C25H31N5O3. The summed E-state index contributed by atoms with van der Waals surface area (Å²) in [5.41, 5.74) is 2.10. The number of fused-ring (bicyclic) bond motifs is 1. The first-order valence-corrected chi connectivity index (χ1v) is 11.3. The molecule has 174 valence electrons. The Morgan fingerprint density at radius 1 is 1.12 bits per heavy atom. The van der Waals surface area contributed by atoms with E-state index >= 15 is 0 Å². The van der Waals surface area contributed by atoms with Gasteiger partial charge in [-0.2, -0.15) is 0 Å². The number of nitrogens with zero attached hydrogens (tertiary/aromatic N) is 4. The lowest BCUT2D eigenvalue weighted by atomic mass is 10.1. The molecule has 1 aromatic heterocycles. The number of ether oxygens (including phenoxy) is 1. The first-order chi connectivity index (χ1) is 15.9. The molecule has 1 amide bonds. The molecule has 0 bridgehead atoms. The van der Waals surface area contributed by atoms with E-state index in [1.807, 2.05) is 56.3 Å². The fourth-order valence-electron chi connectivity index (χ4n) is 4.11. The smallest absolute Gasteiger partial charge is 0.262 e. The quantitative estimate of drug-likeness (QED) is 0.622. The van der Waals surface area contributed by atoms with Crippen molar-refractivity contribution in [3.63, 3.8) is 0 Å². The fraction of sp³-hybridized carbons (Fsp3) is 0.400. The third-order valence-electron chi connectivity index (χ3n) is 5.89. The molecule has 1 N–H and O–H groups in total. The maximum absolute atomic E-state index is 13.7. The van der Waals surface area contributed by atoms with Gasteiger partial charge in [0, 0.05) is 43.5 Å². The molecule has 0 spiro atoms. The molecule has 1 aliphatic rings. The first-order valence-electron chi connectivity index (χ1n) is 11.3. The van der Waals surface area contributed by atoms with Crippen LogP contribution in [-0.4, -0.2) is 66.7 Å². The minimum atomic E-state index is -0.229. The summed E-state index contributed by atoms with van der Waals surface area (Å²) in [5.74, 6) is 0.871. The van der Waals surface area contributed by atoms with E-state index in [0.29, 0.717) is 28.0 Å². The number of carbonyl (C=O) groups excluding carboxylic acids is 1. The second-order valence-electron chi connectivity index (χ2n) is 8.77. The topological polar surface area (TPSA) is 79.7 Å². The summed E-state index contributed by atoms with van der Waals surface area (Å²) < 4.78 is 6.82. The van der Waals surface area contributed by atoms with Crippen molar-refractivity contribution in [3.05, 3.63) is 52.8 Å². The van der Waals surface area contributed by atoms with Crippen LogP contribution in [0.25, 0.3) is 22.3 Å².